The standard InChI is InChI=1S/C22H24ClN5O3/c1-27(2)20-4-3-15(11-17(20)23)18-12-19-21(25-6-5-24-19)22(26-18)31-14-16-13-28(7-9-29)8-10-30-16/h3-6,9,11-12,16H,7-8,10,13-14H2,1-2H3/t16-/m0/s1. The Morgan fingerprint density at radius 3 is 2.90 bits per heavy atom. The summed E-state index contributed by atoms with van der Waals surface area (Å²) in [6.45, 7) is 2.63. The highest BCUT2D eigenvalue weighted by Crippen LogP contribution is 2.32. The number of morpholine rings is 1. The lowest BCUT2D eigenvalue weighted by Crippen LogP contribution is -2.45. The van der Waals surface area contributed by atoms with Crippen LogP contribution in [0.15, 0.2) is 36.7 Å². The second-order valence-electron chi connectivity index (χ2n) is 7.53. The number of aromatic nitrogens is 3. The normalized spacial score (nSPS) is 16.9. The second kappa shape index (κ2) is 9.55. The highest BCUT2D eigenvalue weighted by Gasteiger charge is 2.22. The van der Waals surface area contributed by atoms with Crippen LogP contribution in [0.5, 0.6) is 5.88 Å². The van der Waals surface area contributed by atoms with Gasteiger partial charge in [-0.3, -0.25) is 9.88 Å². The minimum atomic E-state index is -0.153. The van der Waals surface area contributed by atoms with Crippen molar-refractivity contribution in [3.8, 4) is 17.1 Å². The highest BCUT2D eigenvalue weighted by atomic mass is 35.5. The number of hydrogen-bond donors (Lipinski definition) is 0. The van der Waals surface area contributed by atoms with Crippen molar-refractivity contribution in [1.82, 2.24) is 19.9 Å². The Bertz CT molecular complexity index is 1080. The van der Waals surface area contributed by atoms with Gasteiger partial charge in [0.15, 0.2) is 5.52 Å². The Balaban J connectivity index is 1.61. The molecule has 8 nitrogen and oxygen atoms in total. The predicted octanol–water partition coefficient (Wildman–Crippen LogP) is 2.69. The molecule has 0 radical (unpaired) electrons. The van der Waals surface area contributed by atoms with Gasteiger partial charge in [0.1, 0.15) is 19.0 Å². The molecular weight excluding hydrogens is 418 g/mol. The van der Waals surface area contributed by atoms with Crippen LogP contribution in [-0.2, 0) is 9.53 Å². The summed E-state index contributed by atoms with van der Waals surface area (Å²) in [5, 5.41) is 0.636. The van der Waals surface area contributed by atoms with Crippen LogP contribution in [0.25, 0.3) is 22.3 Å². The van der Waals surface area contributed by atoms with Crippen LogP contribution in [-0.4, -0.2) is 79.2 Å². The Labute approximate surface area is 185 Å². The average molecular weight is 442 g/mol. The van der Waals surface area contributed by atoms with E-state index in [9.17, 15) is 4.79 Å². The maximum absolute atomic E-state index is 10.8. The molecule has 0 N–H and O–H groups in total. The molecule has 0 unspecified atom stereocenters. The van der Waals surface area contributed by atoms with Crippen molar-refractivity contribution in [2.45, 2.75) is 6.10 Å². The predicted molar refractivity (Wildman–Crippen MR) is 120 cm³/mol. The number of benzene rings is 1. The Kier molecular flexibility index (Phi) is 6.60. The number of fused-ring (bicyclic) bond motifs is 1. The van der Waals surface area contributed by atoms with Gasteiger partial charge in [-0.15, -0.1) is 0 Å². The van der Waals surface area contributed by atoms with E-state index in [2.05, 4.69) is 9.97 Å². The number of pyridine rings is 1. The van der Waals surface area contributed by atoms with Gasteiger partial charge in [-0.05, 0) is 18.2 Å². The zero-order valence-corrected chi connectivity index (χ0v) is 18.2. The van der Waals surface area contributed by atoms with Crippen molar-refractivity contribution >= 4 is 34.6 Å². The van der Waals surface area contributed by atoms with E-state index in [1.54, 1.807) is 12.4 Å². The molecule has 3 heterocycles. The van der Waals surface area contributed by atoms with Crippen molar-refractivity contribution in [2.75, 3.05) is 51.8 Å². The van der Waals surface area contributed by atoms with Gasteiger partial charge >= 0.3 is 0 Å². The molecule has 1 fully saturated rings. The number of anilines is 1. The molecule has 1 atom stereocenters. The lowest BCUT2D eigenvalue weighted by Gasteiger charge is -2.31. The smallest absolute Gasteiger partial charge is 0.242 e. The van der Waals surface area contributed by atoms with Crippen LogP contribution in [0.3, 0.4) is 0 Å². The van der Waals surface area contributed by atoms with Gasteiger partial charge in [-0.2, -0.15) is 0 Å². The third kappa shape index (κ3) is 4.92. The van der Waals surface area contributed by atoms with Gasteiger partial charge in [-0.1, -0.05) is 17.7 Å². The maximum Gasteiger partial charge on any atom is 0.242 e. The zero-order chi connectivity index (χ0) is 21.8. The summed E-state index contributed by atoms with van der Waals surface area (Å²) in [5.74, 6) is 0.393. The number of carbonyl (C=O) groups excluding carboxylic acids is 1. The third-order valence-electron chi connectivity index (χ3n) is 5.11. The van der Waals surface area contributed by atoms with E-state index in [4.69, 9.17) is 26.1 Å². The molecule has 0 spiro atoms. The number of nitrogens with zero attached hydrogens (tertiary/aromatic N) is 5. The molecule has 0 saturated carbocycles. The molecule has 2 aromatic heterocycles. The van der Waals surface area contributed by atoms with Crippen molar-refractivity contribution in [2.24, 2.45) is 0 Å². The zero-order valence-electron chi connectivity index (χ0n) is 17.5. The van der Waals surface area contributed by atoms with E-state index in [1.165, 1.54) is 0 Å². The minimum absolute atomic E-state index is 0.153. The van der Waals surface area contributed by atoms with Crippen LogP contribution < -0.4 is 9.64 Å². The van der Waals surface area contributed by atoms with Crippen LogP contribution in [0.4, 0.5) is 5.69 Å². The fourth-order valence-corrected chi connectivity index (χ4v) is 3.89. The number of carbonyl (C=O) groups is 1. The molecule has 162 valence electrons. The van der Waals surface area contributed by atoms with E-state index in [-0.39, 0.29) is 6.10 Å². The number of halogens is 1. The summed E-state index contributed by atoms with van der Waals surface area (Å²) in [4.78, 5) is 28.3. The largest absolute Gasteiger partial charge is 0.473 e. The van der Waals surface area contributed by atoms with Crippen LogP contribution in [0, 0.1) is 0 Å². The van der Waals surface area contributed by atoms with Gasteiger partial charge in [0.25, 0.3) is 0 Å². The van der Waals surface area contributed by atoms with Gasteiger partial charge in [0, 0.05) is 45.1 Å². The van der Waals surface area contributed by atoms with E-state index >= 15 is 0 Å². The number of ether oxygens (including phenoxy) is 2. The fourth-order valence-electron chi connectivity index (χ4n) is 3.55. The van der Waals surface area contributed by atoms with Crippen molar-refractivity contribution < 1.29 is 14.3 Å². The van der Waals surface area contributed by atoms with Gasteiger partial charge in [-0.25, -0.2) is 9.97 Å². The molecule has 1 aliphatic heterocycles. The van der Waals surface area contributed by atoms with Crippen molar-refractivity contribution in [1.29, 1.82) is 0 Å². The molecule has 1 saturated heterocycles. The molecule has 1 aromatic carbocycles. The third-order valence-corrected chi connectivity index (χ3v) is 5.41. The summed E-state index contributed by atoms with van der Waals surface area (Å²) in [6.07, 6.45) is 4.01. The first-order valence-electron chi connectivity index (χ1n) is 10.0. The molecule has 9 heteroatoms. The van der Waals surface area contributed by atoms with Crippen LogP contribution >= 0.6 is 11.6 Å². The van der Waals surface area contributed by atoms with E-state index in [0.29, 0.717) is 53.9 Å². The maximum atomic E-state index is 10.8. The Hall–Kier alpha value is -2.81. The van der Waals surface area contributed by atoms with Crippen molar-refractivity contribution in [3.63, 3.8) is 0 Å². The Morgan fingerprint density at radius 1 is 1.29 bits per heavy atom. The molecule has 1 aliphatic rings. The van der Waals surface area contributed by atoms with Gasteiger partial charge in [0.2, 0.25) is 5.88 Å². The van der Waals surface area contributed by atoms with Crippen LogP contribution in [0.2, 0.25) is 5.02 Å². The molecule has 0 aliphatic carbocycles. The first-order chi connectivity index (χ1) is 15.0. The first-order valence-corrected chi connectivity index (χ1v) is 10.4. The number of hydrogen-bond acceptors (Lipinski definition) is 8. The monoisotopic (exact) mass is 441 g/mol. The van der Waals surface area contributed by atoms with Crippen LogP contribution in [0.1, 0.15) is 0 Å². The Morgan fingerprint density at radius 2 is 2.13 bits per heavy atom. The molecular formula is C22H24ClN5O3. The lowest BCUT2D eigenvalue weighted by molar-refractivity contribution is -0.111. The second-order valence-corrected chi connectivity index (χ2v) is 7.93. The van der Waals surface area contributed by atoms with Crippen molar-refractivity contribution in [3.05, 3.63) is 41.7 Å². The topological polar surface area (TPSA) is 80.7 Å². The van der Waals surface area contributed by atoms with E-state index in [1.807, 2.05) is 48.2 Å². The summed E-state index contributed by atoms with van der Waals surface area (Å²) >= 11 is 6.46. The summed E-state index contributed by atoms with van der Waals surface area (Å²) in [6, 6.07) is 7.68. The minimum Gasteiger partial charge on any atom is -0.473 e. The van der Waals surface area contributed by atoms with E-state index < -0.39 is 0 Å². The average Bonchev–Trinajstić information content (AvgIpc) is 2.77. The number of aldehydes is 1. The molecule has 3 aromatic rings. The SMILES string of the molecule is CN(C)c1ccc(-c2cc3nccnc3c(OC[C@@H]3CN(CC=O)CCO3)n2)cc1Cl. The molecule has 0 bridgehead atoms. The van der Waals surface area contributed by atoms with Gasteiger partial charge < -0.3 is 19.2 Å². The molecule has 4 rings (SSSR count). The van der Waals surface area contributed by atoms with Gasteiger partial charge in [0.05, 0.1) is 35.1 Å². The quantitative estimate of drug-likeness (QED) is 0.518. The summed E-state index contributed by atoms with van der Waals surface area (Å²) < 4.78 is 11.8. The summed E-state index contributed by atoms with van der Waals surface area (Å²) in [7, 11) is 3.89. The first kappa shape index (κ1) is 21.4. The fraction of sp³-hybridized carbons (Fsp3) is 0.364. The lowest BCUT2D eigenvalue weighted by atomic mass is 10.1. The summed E-state index contributed by atoms with van der Waals surface area (Å²) in [5.41, 5.74) is 3.75. The molecule has 0 amide bonds. The highest BCUT2D eigenvalue weighted by molar-refractivity contribution is 6.33. The molecule has 31 heavy (non-hydrogen) atoms. The van der Waals surface area contributed by atoms with E-state index in [0.717, 1.165) is 24.1 Å². The number of rotatable bonds is 7.